The Bertz CT molecular complexity index is 927. The number of phenols is 1. The first-order valence-corrected chi connectivity index (χ1v) is 7.78. The van der Waals surface area contributed by atoms with E-state index in [9.17, 15) is 9.90 Å². The maximum absolute atomic E-state index is 12.1. The molecule has 3 N–H and O–H groups in total. The molecule has 3 aromatic rings. The monoisotopic (exact) mass is 334 g/mol. The van der Waals surface area contributed by atoms with Crippen molar-refractivity contribution in [3.05, 3.63) is 70.9 Å². The maximum atomic E-state index is 12.1. The molecule has 0 spiro atoms. The molecule has 1 aromatic heterocycles. The van der Waals surface area contributed by atoms with E-state index < -0.39 is 0 Å². The summed E-state index contributed by atoms with van der Waals surface area (Å²) in [5, 5.41) is 20.0. The fourth-order valence-corrected chi connectivity index (χ4v) is 2.27. The summed E-state index contributed by atoms with van der Waals surface area (Å²) in [5.74, 6) is -0.199. The Morgan fingerprint density at radius 3 is 2.60 bits per heavy atom. The predicted molar refractivity (Wildman–Crippen MR) is 96.7 cm³/mol. The molecule has 0 aliphatic rings. The smallest absolute Gasteiger partial charge is 0.289 e. The molecular weight excluding hydrogens is 316 g/mol. The first kappa shape index (κ1) is 16.4. The first-order valence-electron chi connectivity index (χ1n) is 7.78. The number of aromatic hydroxyl groups is 1. The van der Waals surface area contributed by atoms with E-state index >= 15 is 0 Å². The SMILES string of the molecule is Cc1ccc(-c2cc(C(=O)NN=Cc3ccc(O)cc3)[nH]n2)cc1C. The number of benzene rings is 2. The van der Waals surface area contributed by atoms with E-state index in [-0.39, 0.29) is 11.7 Å². The van der Waals surface area contributed by atoms with Crippen molar-refractivity contribution in [2.45, 2.75) is 13.8 Å². The summed E-state index contributed by atoms with van der Waals surface area (Å²) in [5.41, 5.74) is 7.57. The molecule has 0 aliphatic carbocycles. The number of hydrogen-bond acceptors (Lipinski definition) is 4. The van der Waals surface area contributed by atoms with Gasteiger partial charge in [-0.25, -0.2) is 5.43 Å². The first-order chi connectivity index (χ1) is 12.0. The van der Waals surface area contributed by atoms with Crippen LogP contribution in [0.3, 0.4) is 0 Å². The van der Waals surface area contributed by atoms with Gasteiger partial charge in [0, 0.05) is 5.56 Å². The minimum atomic E-state index is -0.377. The summed E-state index contributed by atoms with van der Waals surface area (Å²) in [6.45, 7) is 4.09. The van der Waals surface area contributed by atoms with Crippen LogP contribution in [0.15, 0.2) is 53.6 Å². The standard InChI is InChI=1S/C19H18N4O2/c1-12-3-6-15(9-13(12)2)17-10-18(22-21-17)19(25)23-20-11-14-4-7-16(24)8-5-14/h3-11,24H,1-2H3,(H,21,22)(H,23,25). The van der Waals surface area contributed by atoms with Crippen molar-refractivity contribution in [3.63, 3.8) is 0 Å². The van der Waals surface area contributed by atoms with Crippen LogP contribution in [0.2, 0.25) is 0 Å². The Morgan fingerprint density at radius 2 is 1.88 bits per heavy atom. The van der Waals surface area contributed by atoms with Crippen molar-refractivity contribution >= 4 is 12.1 Å². The number of hydrogen-bond donors (Lipinski definition) is 3. The van der Waals surface area contributed by atoms with E-state index in [4.69, 9.17) is 0 Å². The molecule has 6 heteroatoms. The minimum Gasteiger partial charge on any atom is -0.508 e. The summed E-state index contributed by atoms with van der Waals surface area (Å²) < 4.78 is 0. The quantitative estimate of drug-likeness (QED) is 0.505. The van der Waals surface area contributed by atoms with Crippen molar-refractivity contribution in [3.8, 4) is 17.0 Å². The third-order valence-corrected chi connectivity index (χ3v) is 3.90. The number of phenolic OH excluding ortho intramolecular Hbond substituents is 1. The van der Waals surface area contributed by atoms with Gasteiger partial charge >= 0.3 is 0 Å². The number of H-pyrrole nitrogens is 1. The average molecular weight is 334 g/mol. The number of aromatic amines is 1. The summed E-state index contributed by atoms with van der Waals surface area (Å²) in [4.78, 5) is 12.1. The number of rotatable bonds is 4. The molecule has 2 aromatic carbocycles. The van der Waals surface area contributed by atoms with E-state index in [1.807, 2.05) is 25.1 Å². The van der Waals surface area contributed by atoms with Crippen LogP contribution >= 0.6 is 0 Å². The van der Waals surface area contributed by atoms with Gasteiger partial charge in [0.1, 0.15) is 11.4 Å². The van der Waals surface area contributed by atoms with Crippen molar-refractivity contribution in [2.24, 2.45) is 5.10 Å². The molecule has 6 nitrogen and oxygen atoms in total. The van der Waals surface area contributed by atoms with Gasteiger partial charge in [0.05, 0.1) is 11.9 Å². The number of hydrazone groups is 1. The van der Waals surface area contributed by atoms with E-state index in [2.05, 4.69) is 27.6 Å². The highest BCUT2D eigenvalue weighted by molar-refractivity contribution is 5.94. The Kier molecular flexibility index (Phi) is 4.61. The third kappa shape index (κ3) is 3.92. The molecule has 0 atom stereocenters. The fourth-order valence-electron chi connectivity index (χ4n) is 2.27. The topological polar surface area (TPSA) is 90.4 Å². The number of carbonyl (C=O) groups is 1. The molecule has 3 rings (SSSR count). The van der Waals surface area contributed by atoms with Gasteiger partial charge in [-0.1, -0.05) is 12.1 Å². The van der Waals surface area contributed by atoms with Gasteiger partial charge in [0.25, 0.3) is 5.91 Å². The zero-order valence-corrected chi connectivity index (χ0v) is 13.9. The van der Waals surface area contributed by atoms with Gasteiger partial charge in [0.15, 0.2) is 0 Å². The van der Waals surface area contributed by atoms with E-state index in [0.29, 0.717) is 11.4 Å². The molecule has 1 heterocycles. The summed E-state index contributed by atoms with van der Waals surface area (Å²) in [6, 6.07) is 14.2. The predicted octanol–water partition coefficient (Wildman–Crippen LogP) is 3.16. The number of carbonyl (C=O) groups excluding carboxylic acids is 1. The maximum Gasteiger partial charge on any atom is 0.289 e. The Balaban J connectivity index is 1.68. The molecule has 126 valence electrons. The number of nitrogens with zero attached hydrogens (tertiary/aromatic N) is 2. The molecule has 0 saturated heterocycles. The van der Waals surface area contributed by atoms with Crippen molar-refractivity contribution in [1.82, 2.24) is 15.6 Å². The van der Waals surface area contributed by atoms with Gasteiger partial charge in [-0.3, -0.25) is 9.89 Å². The molecule has 0 unspecified atom stereocenters. The van der Waals surface area contributed by atoms with Crippen LogP contribution in [0.4, 0.5) is 0 Å². The van der Waals surface area contributed by atoms with Gasteiger partial charge in [-0.15, -0.1) is 0 Å². The second-order valence-electron chi connectivity index (χ2n) is 5.76. The summed E-state index contributed by atoms with van der Waals surface area (Å²) in [7, 11) is 0. The van der Waals surface area contributed by atoms with Crippen LogP contribution in [0.5, 0.6) is 5.75 Å². The van der Waals surface area contributed by atoms with Gasteiger partial charge in [0.2, 0.25) is 0 Å². The number of nitrogens with one attached hydrogen (secondary N) is 2. The van der Waals surface area contributed by atoms with Gasteiger partial charge in [-0.05, 0) is 66.9 Å². The van der Waals surface area contributed by atoms with Crippen LogP contribution in [0, 0.1) is 13.8 Å². The minimum absolute atomic E-state index is 0.178. The Labute approximate surface area is 145 Å². The van der Waals surface area contributed by atoms with Crippen molar-refractivity contribution < 1.29 is 9.90 Å². The van der Waals surface area contributed by atoms with Crippen LogP contribution < -0.4 is 5.43 Å². The van der Waals surface area contributed by atoms with Crippen LogP contribution in [0.1, 0.15) is 27.2 Å². The van der Waals surface area contributed by atoms with Crippen molar-refractivity contribution in [1.29, 1.82) is 0 Å². The number of amides is 1. The molecule has 0 aliphatic heterocycles. The molecule has 25 heavy (non-hydrogen) atoms. The zero-order valence-electron chi connectivity index (χ0n) is 13.9. The Hall–Kier alpha value is -3.41. The highest BCUT2D eigenvalue weighted by atomic mass is 16.3. The lowest BCUT2D eigenvalue weighted by molar-refractivity contribution is 0.0950. The number of aromatic nitrogens is 2. The van der Waals surface area contributed by atoms with Gasteiger partial charge in [-0.2, -0.15) is 10.2 Å². The number of aryl methyl sites for hydroxylation is 2. The lowest BCUT2D eigenvalue weighted by Crippen LogP contribution is -2.17. The second-order valence-corrected chi connectivity index (χ2v) is 5.76. The fraction of sp³-hybridized carbons (Fsp3) is 0.105. The lowest BCUT2D eigenvalue weighted by Gasteiger charge is -2.01. The second kappa shape index (κ2) is 7.00. The van der Waals surface area contributed by atoms with E-state index in [1.165, 1.54) is 17.3 Å². The normalized spacial score (nSPS) is 11.0. The summed E-state index contributed by atoms with van der Waals surface area (Å²) >= 11 is 0. The molecule has 0 fully saturated rings. The van der Waals surface area contributed by atoms with Crippen molar-refractivity contribution in [2.75, 3.05) is 0 Å². The highest BCUT2D eigenvalue weighted by Crippen LogP contribution is 2.20. The molecular formula is C19H18N4O2. The van der Waals surface area contributed by atoms with E-state index in [1.54, 1.807) is 30.3 Å². The Morgan fingerprint density at radius 1 is 1.12 bits per heavy atom. The third-order valence-electron chi connectivity index (χ3n) is 3.90. The van der Waals surface area contributed by atoms with Crippen LogP contribution in [-0.2, 0) is 0 Å². The highest BCUT2D eigenvalue weighted by Gasteiger charge is 2.10. The van der Waals surface area contributed by atoms with Gasteiger partial charge < -0.3 is 5.11 Å². The molecule has 1 amide bonds. The zero-order chi connectivity index (χ0) is 17.8. The molecule has 0 bridgehead atoms. The largest absolute Gasteiger partial charge is 0.508 e. The average Bonchev–Trinajstić information content (AvgIpc) is 3.09. The molecule has 0 saturated carbocycles. The van der Waals surface area contributed by atoms with Crippen LogP contribution in [-0.4, -0.2) is 27.4 Å². The molecule has 0 radical (unpaired) electrons. The van der Waals surface area contributed by atoms with E-state index in [0.717, 1.165) is 11.1 Å². The van der Waals surface area contributed by atoms with Crippen LogP contribution in [0.25, 0.3) is 11.3 Å². The summed E-state index contributed by atoms with van der Waals surface area (Å²) in [6.07, 6.45) is 1.50. The lowest BCUT2D eigenvalue weighted by atomic mass is 10.0.